The Kier molecular flexibility index (Phi) is 4.00. The van der Waals surface area contributed by atoms with Crippen molar-refractivity contribution in [2.75, 3.05) is 6.61 Å². The number of aromatic nitrogens is 2. The van der Waals surface area contributed by atoms with Crippen molar-refractivity contribution < 1.29 is 9.53 Å². The summed E-state index contributed by atoms with van der Waals surface area (Å²) in [6, 6.07) is 9.02. The first-order valence-electron chi connectivity index (χ1n) is 6.40. The van der Waals surface area contributed by atoms with Crippen molar-refractivity contribution in [2.45, 2.75) is 20.3 Å². The van der Waals surface area contributed by atoms with E-state index in [1.54, 1.807) is 29.9 Å². The summed E-state index contributed by atoms with van der Waals surface area (Å²) in [5, 5.41) is 4.19. The number of hydrogen-bond acceptors (Lipinski definition) is 3. The van der Waals surface area contributed by atoms with Crippen molar-refractivity contribution in [1.29, 1.82) is 0 Å². The number of carbonyl (C=O) groups excluding carboxylic acids is 1. The molecule has 19 heavy (non-hydrogen) atoms. The third-order valence-electron chi connectivity index (χ3n) is 2.82. The van der Waals surface area contributed by atoms with Crippen molar-refractivity contribution in [3.8, 4) is 5.75 Å². The highest BCUT2D eigenvalue weighted by Gasteiger charge is 2.14. The van der Waals surface area contributed by atoms with Crippen LogP contribution in [-0.4, -0.2) is 22.2 Å². The molecular formula is C15H18N2O2. The van der Waals surface area contributed by atoms with Gasteiger partial charge in [0.05, 0.1) is 12.3 Å². The van der Waals surface area contributed by atoms with E-state index < -0.39 is 0 Å². The van der Waals surface area contributed by atoms with Gasteiger partial charge in [0.15, 0.2) is 0 Å². The molecule has 1 heterocycles. The maximum absolute atomic E-state index is 12.3. The minimum Gasteiger partial charge on any atom is -0.494 e. The summed E-state index contributed by atoms with van der Waals surface area (Å²) in [7, 11) is 1.78. The Morgan fingerprint density at radius 2 is 2.00 bits per heavy atom. The number of hydrogen-bond donors (Lipinski definition) is 0. The van der Waals surface area contributed by atoms with E-state index in [0.717, 1.165) is 17.9 Å². The van der Waals surface area contributed by atoms with Crippen LogP contribution in [0, 0.1) is 6.92 Å². The standard InChI is InChI=1S/C15H18N2O2/c1-4-9-19-13-7-5-12(6-8-13)15(18)14-10-11(2)16-17(14)3/h5-8,10H,4,9H2,1-3H3. The molecule has 1 aromatic carbocycles. The molecule has 4 heteroatoms. The fraction of sp³-hybridized carbons (Fsp3) is 0.333. The summed E-state index contributed by atoms with van der Waals surface area (Å²) in [5.74, 6) is 0.768. The maximum Gasteiger partial charge on any atom is 0.211 e. The van der Waals surface area contributed by atoms with Crippen LogP contribution in [0.25, 0.3) is 0 Å². The van der Waals surface area contributed by atoms with Crippen LogP contribution in [0.15, 0.2) is 30.3 Å². The summed E-state index contributed by atoms with van der Waals surface area (Å²) in [6.45, 7) is 4.62. The Morgan fingerprint density at radius 3 is 2.53 bits per heavy atom. The van der Waals surface area contributed by atoms with Gasteiger partial charge >= 0.3 is 0 Å². The molecule has 0 aliphatic heterocycles. The van der Waals surface area contributed by atoms with Crippen LogP contribution in [0.5, 0.6) is 5.75 Å². The lowest BCUT2D eigenvalue weighted by molar-refractivity contribution is 0.103. The van der Waals surface area contributed by atoms with Crippen LogP contribution < -0.4 is 4.74 Å². The molecule has 1 aromatic heterocycles. The van der Waals surface area contributed by atoms with E-state index in [4.69, 9.17) is 4.74 Å². The van der Waals surface area contributed by atoms with Crippen LogP contribution in [0.3, 0.4) is 0 Å². The van der Waals surface area contributed by atoms with Crippen molar-refractivity contribution in [3.05, 3.63) is 47.3 Å². The number of nitrogens with zero attached hydrogens (tertiary/aromatic N) is 2. The van der Waals surface area contributed by atoms with Crippen LogP contribution in [0.4, 0.5) is 0 Å². The topological polar surface area (TPSA) is 44.1 Å². The second-order valence-corrected chi connectivity index (χ2v) is 4.50. The third kappa shape index (κ3) is 3.02. The van der Waals surface area contributed by atoms with Crippen molar-refractivity contribution in [3.63, 3.8) is 0 Å². The van der Waals surface area contributed by atoms with E-state index in [1.807, 2.05) is 19.1 Å². The van der Waals surface area contributed by atoms with Crippen LogP contribution in [0.1, 0.15) is 35.1 Å². The lowest BCUT2D eigenvalue weighted by atomic mass is 10.1. The third-order valence-corrected chi connectivity index (χ3v) is 2.82. The molecule has 0 unspecified atom stereocenters. The first-order valence-corrected chi connectivity index (χ1v) is 6.40. The van der Waals surface area contributed by atoms with Gasteiger partial charge in [-0.3, -0.25) is 9.48 Å². The van der Waals surface area contributed by atoms with Gasteiger partial charge in [-0.25, -0.2) is 0 Å². The van der Waals surface area contributed by atoms with E-state index in [0.29, 0.717) is 17.9 Å². The number of benzene rings is 1. The smallest absolute Gasteiger partial charge is 0.211 e. The first kappa shape index (κ1) is 13.3. The van der Waals surface area contributed by atoms with Crippen LogP contribution in [-0.2, 0) is 7.05 Å². The van der Waals surface area contributed by atoms with E-state index in [9.17, 15) is 4.79 Å². The summed E-state index contributed by atoms with van der Waals surface area (Å²) >= 11 is 0. The number of carbonyl (C=O) groups is 1. The van der Waals surface area contributed by atoms with Gasteiger partial charge in [-0.15, -0.1) is 0 Å². The summed E-state index contributed by atoms with van der Waals surface area (Å²) in [6.07, 6.45) is 0.967. The van der Waals surface area contributed by atoms with Crippen LogP contribution >= 0.6 is 0 Å². The Labute approximate surface area is 113 Å². The van der Waals surface area contributed by atoms with Gasteiger partial charge in [0.25, 0.3) is 0 Å². The van der Waals surface area contributed by atoms with Crippen molar-refractivity contribution in [2.24, 2.45) is 7.05 Å². The predicted molar refractivity (Wildman–Crippen MR) is 73.6 cm³/mol. The molecule has 0 radical (unpaired) electrons. The van der Waals surface area contributed by atoms with E-state index >= 15 is 0 Å². The molecule has 0 spiro atoms. The van der Waals surface area contributed by atoms with Gasteiger partial charge in [0, 0.05) is 12.6 Å². The van der Waals surface area contributed by atoms with Crippen LogP contribution in [0.2, 0.25) is 0 Å². The van der Waals surface area contributed by atoms with Gasteiger partial charge in [-0.05, 0) is 43.7 Å². The highest BCUT2D eigenvalue weighted by molar-refractivity contribution is 6.07. The van der Waals surface area contributed by atoms with E-state index in [1.165, 1.54) is 0 Å². The van der Waals surface area contributed by atoms with Gasteiger partial charge in [-0.2, -0.15) is 5.10 Å². The van der Waals surface area contributed by atoms with Gasteiger partial charge < -0.3 is 4.74 Å². The van der Waals surface area contributed by atoms with E-state index in [-0.39, 0.29) is 5.78 Å². The quantitative estimate of drug-likeness (QED) is 0.774. The largest absolute Gasteiger partial charge is 0.494 e. The fourth-order valence-corrected chi connectivity index (χ4v) is 1.89. The molecule has 0 saturated heterocycles. The molecule has 2 rings (SSSR count). The summed E-state index contributed by atoms with van der Waals surface area (Å²) in [5.41, 5.74) is 2.08. The summed E-state index contributed by atoms with van der Waals surface area (Å²) < 4.78 is 7.10. The highest BCUT2D eigenvalue weighted by atomic mass is 16.5. The Hall–Kier alpha value is -2.10. The second-order valence-electron chi connectivity index (χ2n) is 4.50. The maximum atomic E-state index is 12.3. The lowest BCUT2D eigenvalue weighted by Crippen LogP contribution is -2.08. The fourth-order valence-electron chi connectivity index (χ4n) is 1.89. The lowest BCUT2D eigenvalue weighted by Gasteiger charge is -2.05. The zero-order valence-electron chi connectivity index (χ0n) is 11.5. The molecule has 0 amide bonds. The monoisotopic (exact) mass is 258 g/mol. The molecule has 0 bridgehead atoms. The Balaban J connectivity index is 2.18. The number of ketones is 1. The molecular weight excluding hydrogens is 240 g/mol. The van der Waals surface area contributed by atoms with Crippen molar-refractivity contribution >= 4 is 5.78 Å². The molecule has 0 aliphatic carbocycles. The highest BCUT2D eigenvalue weighted by Crippen LogP contribution is 2.16. The van der Waals surface area contributed by atoms with Crippen molar-refractivity contribution in [1.82, 2.24) is 9.78 Å². The molecule has 0 N–H and O–H groups in total. The van der Waals surface area contributed by atoms with E-state index in [2.05, 4.69) is 12.0 Å². The van der Waals surface area contributed by atoms with Gasteiger partial charge in [0.1, 0.15) is 11.4 Å². The molecule has 100 valence electrons. The molecule has 0 aliphatic rings. The zero-order chi connectivity index (χ0) is 13.8. The minimum absolute atomic E-state index is 0.0230. The SMILES string of the molecule is CCCOc1ccc(C(=O)c2cc(C)nn2C)cc1. The molecule has 0 saturated carbocycles. The Bertz CT molecular complexity index is 570. The average Bonchev–Trinajstić information content (AvgIpc) is 2.75. The number of ether oxygens (including phenoxy) is 1. The molecule has 0 atom stereocenters. The summed E-state index contributed by atoms with van der Waals surface area (Å²) in [4.78, 5) is 12.3. The van der Waals surface area contributed by atoms with Gasteiger partial charge in [-0.1, -0.05) is 6.92 Å². The average molecular weight is 258 g/mol. The number of aryl methyl sites for hydroxylation is 2. The van der Waals surface area contributed by atoms with Gasteiger partial charge in [0.2, 0.25) is 5.78 Å². The zero-order valence-corrected chi connectivity index (χ0v) is 11.5. The minimum atomic E-state index is -0.0230. The predicted octanol–water partition coefficient (Wildman–Crippen LogP) is 2.75. The second kappa shape index (κ2) is 5.69. The molecule has 0 fully saturated rings. The first-order chi connectivity index (χ1) is 9.11. The Morgan fingerprint density at radius 1 is 1.32 bits per heavy atom. The number of rotatable bonds is 5. The normalized spacial score (nSPS) is 10.5. The molecule has 2 aromatic rings. The molecule has 4 nitrogen and oxygen atoms in total.